The van der Waals surface area contributed by atoms with Crippen LogP contribution in [0.25, 0.3) is 10.6 Å². The van der Waals surface area contributed by atoms with Gasteiger partial charge in [-0.15, -0.1) is 11.3 Å². The first kappa shape index (κ1) is 30.5. The molecule has 226 valence electrons. The van der Waals surface area contributed by atoms with Crippen molar-refractivity contribution < 1.29 is 24.1 Å². The lowest BCUT2D eigenvalue weighted by Crippen LogP contribution is -2.34. The van der Waals surface area contributed by atoms with Gasteiger partial charge in [0, 0.05) is 19.3 Å². The number of hydrogen-bond acceptors (Lipinski definition) is 9. The highest BCUT2D eigenvalue weighted by Crippen LogP contribution is 2.43. The van der Waals surface area contributed by atoms with Crippen LogP contribution in [0.1, 0.15) is 54.3 Å². The molecule has 0 aliphatic heterocycles. The highest BCUT2D eigenvalue weighted by atomic mass is 32.1. The highest BCUT2D eigenvalue weighted by Gasteiger charge is 2.40. The number of aliphatic hydroxyl groups is 1. The molecule has 2 heterocycles. The van der Waals surface area contributed by atoms with Crippen molar-refractivity contribution in [2.24, 2.45) is 5.92 Å². The summed E-state index contributed by atoms with van der Waals surface area (Å²) >= 11 is 1.47. The lowest BCUT2D eigenvalue weighted by Gasteiger charge is -2.33. The number of thiazole rings is 1. The van der Waals surface area contributed by atoms with Gasteiger partial charge < -0.3 is 24.2 Å². The molecule has 0 spiro atoms. The van der Waals surface area contributed by atoms with Crippen LogP contribution in [-0.2, 0) is 28.2 Å². The Kier molecular flexibility index (Phi) is 9.62. The number of carbonyl (C=O) groups is 1. The van der Waals surface area contributed by atoms with Crippen LogP contribution in [0, 0.1) is 12.8 Å². The number of methoxy groups -OCH3 is 2. The van der Waals surface area contributed by atoms with Gasteiger partial charge in [0.1, 0.15) is 27.9 Å². The summed E-state index contributed by atoms with van der Waals surface area (Å²) < 4.78 is 15.9. The number of nitrogens with zero attached hydrogens (tertiary/aromatic N) is 3. The average Bonchev–Trinajstić information content (AvgIpc) is 3.53. The van der Waals surface area contributed by atoms with Crippen LogP contribution >= 0.6 is 11.3 Å². The summed E-state index contributed by atoms with van der Waals surface area (Å²) in [7, 11) is 3.34. The Morgan fingerprint density at radius 1 is 0.977 bits per heavy atom. The monoisotopic (exact) mass is 601 g/mol. The molecule has 2 aromatic carbocycles. The fourth-order valence-electron chi connectivity index (χ4n) is 5.47. The molecule has 1 saturated carbocycles. The van der Waals surface area contributed by atoms with Gasteiger partial charge in [-0.25, -0.2) is 9.97 Å². The first-order valence-electron chi connectivity index (χ1n) is 14.7. The van der Waals surface area contributed by atoms with E-state index in [1.807, 2.05) is 31.2 Å². The number of esters is 1. The molecule has 1 aliphatic rings. The molecule has 1 N–H and O–H groups in total. The van der Waals surface area contributed by atoms with Crippen LogP contribution in [0.5, 0.6) is 11.5 Å². The minimum Gasteiger partial charge on any atom is -0.497 e. The van der Waals surface area contributed by atoms with Crippen LogP contribution < -0.4 is 14.4 Å². The second-order valence-electron chi connectivity index (χ2n) is 11.0. The van der Waals surface area contributed by atoms with Crippen molar-refractivity contribution in [2.45, 2.75) is 58.2 Å². The SMILES string of the molecule is CCOC(=O)C1CCC(O)(c2ncc(-c3cc(C)cc(N(Cc4ccc(OC)cc4)Cc4ccc(OC)cc4)n3)s2)CC1. The van der Waals surface area contributed by atoms with E-state index in [4.69, 9.17) is 19.2 Å². The van der Waals surface area contributed by atoms with Gasteiger partial charge in [0.15, 0.2) is 0 Å². The van der Waals surface area contributed by atoms with Crippen molar-refractivity contribution in [3.8, 4) is 22.1 Å². The number of aromatic nitrogens is 2. The van der Waals surface area contributed by atoms with Gasteiger partial charge in [-0.1, -0.05) is 24.3 Å². The van der Waals surface area contributed by atoms with Crippen LogP contribution in [-0.4, -0.2) is 41.9 Å². The quantitative estimate of drug-likeness (QED) is 0.190. The number of benzene rings is 2. The zero-order chi connectivity index (χ0) is 30.4. The van der Waals surface area contributed by atoms with Gasteiger partial charge in [-0.05, 0) is 92.6 Å². The molecule has 1 fully saturated rings. The maximum atomic E-state index is 12.2. The lowest BCUT2D eigenvalue weighted by atomic mass is 9.79. The fourth-order valence-corrected chi connectivity index (χ4v) is 6.49. The molecule has 2 aromatic heterocycles. The minimum absolute atomic E-state index is 0.164. The molecule has 0 saturated heterocycles. The van der Waals surface area contributed by atoms with Crippen molar-refractivity contribution in [3.05, 3.63) is 88.6 Å². The molecule has 0 radical (unpaired) electrons. The van der Waals surface area contributed by atoms with Gasteiger partial charge in [0.05, 0.1) is 37.3 Å². The normalized spacial score (nSPS) is 18.2. The number of aryl methyl sites for hydroxylation is 1. The Balaban J connectivity index is 1.40. The Morgan fingerprint density at radius 2 is 1.56 bits per heavy atom. The number of carbonyl (C=O) groups excluding carboxylic acids is 1. The summed E-state index contributed by atoms with van der Waals surface area (Å²) in [6, 6.07) is 20.3. The Bertz CT molecular complexity index is 1460. The van der Waals surface area contributed by atoms with Gasteiger partial charge >= 0.3 is 5.97 Å². The molecule has 0 unspecified atom stereocenters. The Labute approximate surface area is 257 Å². The van der Waals surface area contributed by atoms with Crippen molar-refractivity contribution in [1.82, 2.24) is 9.97 Å². The lowest BCUT2D eigenvalue weighted by molar-refractivity contribution is -0.151. The third-order valence-electron chi connectivity index (χ3n) is 7.93. The largest absolute Gasteiger partial charge is 0.497 e. The summed E-state index contributed by atoms with van der Waals surface area (Å²) in [5.41, 5.74) is 3.13. The van der Waals surface area contributed by atoms with Crippen molar-refractivity contribution >= 4 is 23.1 Å². The van der Waals surface area contributed by atoms with Gasteiger partial charge in [0.2, 0.25) is 0 Å². The molecular weight excluding hydrogens is 562 g/mol. The second kappa shape index (κ2) is 13.6. The van der Waals surface area contributed by atoms with E-state index >= 15 is 0 Å². The summed E-state index contributed by atoms with van der Waals surface area (Å²) in [5, 5.41) is 12.2. The Morgan fingerprint density at radius 3 is 2.09 bits per heavy atom. The van der Waals surface area contributed by atoms with Crippen LogP contribution in [0.15, 0.2) is 66.9 Å². The predicted molar refractivity (Wildman–Crippen MR) is 168 cm³/mol. The second-order valence-corrected chi connectivity index (χ2v) is 12.1. The molecule has 0 bridgehead atoms. The highest BCUT2D eigenvalue weighted by molar-refractivity contribution is 7.15. The molecule has 0 atom stereocenters. The smallest absolute Gasteiger partial charge is 0.308 e. The van der Waals surface area contributed by atoms with E-state index in [0.29, 0.717) is 50.4 Å². The van der Waals surface area contributed by atoms with E-state index in [-0.39, 0.29) is 11.9 Å². The molecule has 0 amide bonds. The van der Waals surface area contributed by atoms with Gasteiger partial charge in [-0.2, -0.15) is 0 Å². The molecule has 4 aromatic rings. The molecular formula is C34H39N3O5S. The standard InChI is InChI=1S/C34H39N3O5S/c1-5-42-32(38)26-14-16-34(39,17-15-26)33-35-20-30(43-33)29-18-23(2)19-31(36-29)37(21-24-6-10-27(40-3)11-7-24)22-25-8-12-28(41-4)13-9-25/h6-13,18-20,26,39H,5,14-17,21-22H2,1-4H3. The number of rotatable bonds is 11. The summed E-state index contributed by atoms with van der Waals surface area (Å²) in [5.74, 6) is 2.15. The number of ether oxygens (including phenoxy) is 3. The van der Waals surface area contributed by atoms with E-state index in [1.165, 1.54) is 11.3 Å². The van der Waals surface area contributed by atoms with E-state index in [1.54, 1.807) is 20.4 Å². The summed E-state index contributed by atoms with van der Waals surface area (Å²) in [6.45, 7) is 5.57. The Hall–Kier alpha value is -3.95. The topological polar surface area (TPSA) is 94.0 Å². The van der Waals surface area contributed by atoms with Crippen molar-refractivity contribution in [2.75, 3.05) is 25.7 Å². The third kappa shape index (κ3) is 7.35. The van der Waals surface area contributed by atoms with Crippen LogP contribution in [0.4, 0.5) is 5.82 Å². The maximum Gasteiger partial charge on any atom is 0.308 e. The first-order valence-corrected chi connectivity index (χ1v) is 15.5. The number of hydrogen-bond donors (Lipinski definition) is 1. The molecule has 5 rings (SSSR count). The van der Waals surface area contributed by atoms with E-state index < -0.39 is 5.60 Å². The number of pyridine rings is 1. The van der Waals surface area contributed by atoms with Crippen LogP contribution in [0.3, 0.4) is 0 Å². The number of anilines is 1. The molecule has 8 nitrogen and oxygen atoms in total. The molecule has 1 aliphatic carbocycles. The zero-order valence-electron chi connectivity index (χ0n) is 25.2. The van der Waals surface area contributed by atoms with Crippen LogP contribution in [0.2, 0.25) is 0 Å². The summed E-state index contributed by atoms with van der Waals surface area (Å²) in [6.07, 6.45) is 3.94. The fraction of sp³-hybridized carbons (Fsp3) is 0.382. The summed E-state index contributed by atoms with van der Waals surface area (Å²) in [4.78, 5) is 25.1. The van der Waals surface area contributed by atoms with E-state index in [2.05, 4.69) is 53.2 Å². The average molecular weight is 602 g/mol. The minimum atomic E-state index is -1.05. The predicted octanol–water partition coefficient (Wildman–Crippen LogP) is 6.68. The van der Waals surface area contributed by atoms with Gasteiger partial charge in [-0.3, -0.25) is 4.79 Å². The van der Waals surface area contributed by atoms with E-state index in [0.717, 1.165) is 44.6 Å². The van der Waals surface area contributed by atoms with Crippen molar-refractivity contribution in [1.29, 1.82) is 0 Å². The third-order valence-corrected chi connectivity index (χ3v) is 9.15. The molecule has 9 heteroatoms. The maximum absolute atomic E-state index is 12.2. The zero-order valence-corrected chi connectivity index (χ0v) is 26.0. The molecule has 43 heavy (non-hydrogen) atoms. The first-order chi connectivity index (χ1) is 20.8. The van der Waals surface area contributed by atoms with Crippen molar-refractivity contribution in [3.63, 3.8) is 0 Å². The van der Waals surface area contributed by atoms with Gasteiger partial charge in [0.25, 0.3) is 0 Å². The van der Waals surface area contributed by atoms with E-state index in [9.17, 15) is 9.90 Å².